The van der Waals surface area contributed by atoms with E-state index < -0.39 is 17.8 Å². The Labute approximate surface area is 194 Å². The Morgan fingerprint density at radius 2 is 1.97 bits per heavy atom. The summed E-state index contributed by atoms with van der Waals surface area (Å²) in [5.41, 5.74) is 7.07. The first-order valence-corrected chi connectivity index (χ1v) is 11.4. The van der Waals surface area contributed by atoms with Crippen molar-refractivity contribution in [2.45, 2.75) is 50.9 Å². The average Bonchev–Trinajstić information content (AvgIpc) is 3.43. The Balaban J connectivity index is 1.46. The summed E-state index contributed by atoms with van der Waals surface area (Å²) in [6.45, 7) is 4.00. The van der Waals surface area contributed by atoms with Gasteiger partial charge in [0.15, 0.2) is 5.65 Å². The maximum atomic E-state index is 13.2. The molecule has 180 valence electrons. The fraction of sp³-hybridized carbons (Fsp3) is 0.478. The van der Waals surface area contributed by atoms with Gasteiger partial charge in [0.2, 0.25) is 0 Å². The molecule has 2 N–H and O–H groups in total. The van der Waals surface area contributed by atoms with Gasteiger partial charge in [0.05, 0.1) is 11.7 Å². The van der Waals surface area contributed by atoms with E-state index in [1.807, 2.05) is 19.2 Å². The van der Waals surface area contributed by atoms with Gasteiger partial charge in [0, 0.05) is 43.5 Å². The molecule has 34 heavy (non-hydrogen) atoms. The molecule has 2 saturated heterocycles. The number of nitrogens with zero attached hydrogens (tertiary/aromatic N) is 6. The molecule has 2 atom stereocenters. The van der Waals surface area contributed by atoms with Crippen LogP contribution in [0.1, 0.15) is 59.2 Å². The summed E-state index contributed by atoms with van der Waals surface area (Å²) in [4.78, 5) is 25.4. The minimum Gasteiger partial charge on any atom is -0.355 e. The predicted molar refractivity (Wildman–Crippen MR) is 119 cm³/mol. The summed E-state index contributed by atoms with van der Waals surface area (Å²) < 4.78 is 41.0. The summed E-state index contributed by atoms with van der Waals surface area (Å²) in [6.07, 6.45) is 0.544. The van der Waals surface area contributed by atoms with Crippen LogP contribution in [0.15, 0.2) is 30.5 Å². The highest BCUT2D eigenvalue weighted by molar-refractivity contribution is 5.92. The summed E-state index contributed by atoms with van der Waals surface area (Å²) in [5, 5.41) is 4.68. The van der Waals surface area contributed by atoms with E-state index in [1.165, 1.54) is 12.1 Å². The zero-order chi connectivity index (χ0) is 24.0. The number of rotatable bonds is 3. The number of carbonyl (C=O) groups excluding carboxylic acids is 1. The van der Waals surface area contributed by atoms with Crippen molar-refractivity contribution in [2.24, 2.45) is 5.73 Å². The molecule has 2 aliphatic heterocycles. The number of carbonyl (C=O) groups is 1. The molecule has 2 fully saturated rings. The molecule has 1 unspecified atom stereocenters. The molecule has 3 aromatic heterocycles. The number of anilines is 1. The van der Waals surface area contributed by atoms with E-state index >= 15 is 0 Å². The number of hydrogen-bond donors (Lipinski definition) is 1. The minimum absolute atomic E-state index is 0.129. The minimum atomic E-state index is -4.61. The number of amides is 1. The van der Waals surface area contributed by atoms with Gasteiger partial charge in [0.25, 0.3) is 5.91 Å². The van der Waals surface area contributed by atoms with Gasteiger partial charge < -0.3 is 15.5 Å². The van der Waals surface area contributed by atoms with Crippen LogP contribution in [0.5, 0.6) is 0 Å². The number of halogens is 3. The average molecular weight is 474 g/mol. The maximum Gasteiger partial charge on any atom is 0.433 e. The van der Waals surface area contributed by atoms with Crippen LogP contribution >= 0.6 is 0 Å². The Kier molecular flexibility index (Phi) is 5.67. The largest absolute Gasteiger partial charge is 0.433 e. The molecule has 3 aromatic rings. The van der Waals surface area contributed by atoms with Crippen molar-refractivity contribution in [1.82, 2.24) is 24.5 Å². The molecule has 0 saturated carbocycles. The lowest BCUT2D eigenvalue weighted by atomic mass is 9.99. The number of likely N-dealkylation sites (tertiary alicyclic amines) is 1. The lowest BCUT2D eigenvalue weighted by Gasteiger charge is -2.34. The van der Waals surface area contributed by atoms with Crippen LogP contribution in [0.2, 0.25) is 0 Å². The molecule has 0 aliphatic carbocycles. The topological polar surface area (TPSA) is 92.6 Å². The smallest absolute Gasteiger partial charge is 0.355 e. The van der Waals surface area contributed by atoms with E-state index in [2.05, 4.69) is 15.0 Å². The maximum absolute atomic E-state index is 13.2. The van der Waals surface area contributed by atoms with Crippen molar-refractivity contribution in [2.75, 3.05) is 24.5 Å². The van der Waals surface area contributed by atoms with Crippen LogP contribution < -0.4 is 10.6 Å². The highest BCUT2D eigenvalue weighted by Crippen LogP contribution is 2.33. The highest BCUT2D eigenvalue weighted by Gasteiger charge is 2.35. The van der Waals surface area contributed by atoms with E-state index in [4.69, 9.17) is 10.7 Å². The van der Waals surface area contributed by atoms with Gasteiger partial charge in [-0.3, -0.25) is 4.79 Å². The van der Waals surface area contributed by atoms with Gasteiger partial charge in [-0.05, 0) is 44.7 Å². The van der Waals surface area contributed by atoms with Crippen LogP contribution in [-0.2, 0) is 6.18 Å². The van der Waals surface area contributed by atoms with E-state index in [-0.39, 0.29) is 17.8 Å². The van der Waals surface area contributed by atoms with Crippen LogP contribution in [-0.4, -0.2) is 56.1 Å². The Hall–Kier alpha value is -3.21. The number of fused-ring (bicyclic) bond motifs is 1. The molecule has 0 radical (unpaired) electrons. The zero-order valence-corrected chi connectivity index (χ0v) is 18.8. The third-order valence-electron chi connectivity index (χ3n) is 6.51. The van der Waals surface area contributed by atoms with Gasteiger partial charge in [-0.15, -0.1) is 0 Å². The molecule has 8 nitrogen and oxygen atoms in total. The number of aryl methyl sites for hydroxylation is 1. The van der Waals surface area contributed by atoms with E-state index in [1.54, 1.807) is 9.42 Å². The van der Waals surface area contributed by atoms with Gasteiger partial charge in [-0.25, -0.2) is 14.5 Å². The predicted octanol–water partition coefficient (Wildman–Crippen LogP) is 3.36. The lowest BCUT2D eigenvalue weighted by Crippen LogP contribution is -2.39. The first kappa shape index (κ1) is 22.6. The van der Waals surface area contributed by atoms with Gasteiger partial charge in [-0.2, -0.15) is 18.3 Å². The molecule has 5 rings (SSSR count). The standard InChI is InChI=1S/C23H26F3N7O/c1-14-12-33-20(29-21(14)31-10-8-15(27)13-31)11-17(30-33)18-6-2-3-9-32(18)22(34)16-5-4-7-19(28-16)23(24,25)26/h4-5,7,11-12,15,18H,2-3,6,8-10,13,27H2,1H3/t15?,18-/m0/s1. The second-order valence-corrected chi connectivity index (χ2v) is 9.03. The van der Waals surface area contributed by atoms with Gasteiger partial charge in [0.1, 0.15) is 17.2 Å². The summed E-state index contributed by atoms with van der Waals surface area (Å²) in [5.74, 6) is 0.348. The van der Waals surface area contributed by atoms with Crippen molar-refractivity contribution in [1.29, 1.82) is 0 Å². The Bertz CT molecular complexity index is 1220. The van der Waals surface area contributed by atoms with Crippen LogP contribution in [0.4, 0.5) is 19.0 Å². The van der Waals surface area contributed by atoms with Crippen molar-refractivity contribution >= 4 is 17.4 Å². The summed E-state index contributed by atoms with van der Waals surface area (Å²) >= 11 is 0. The third kappa shape index (κ3) is 4.20. The fourth-order valence-electron chi connectivity index (χ4n) is 4.82. The molecular formula is C23H26F3N7O. The monoisotopic (exact) mass is 473 g/mol. The first-order chi connectivity index (χ1) is 16.2. The number of aromatic nitrogens is 4. The Morgan fingerprint density at radius 3 is 2.71 bits per heavy atom. The summed E-state index contributed by atoms with van der Waals surface area (Å²) in [6, 6.07) is 5.03. The van der Waals surface area contributed by atoms with Crippen LogP contribution in [0.3, 0.4) is 0 Å². The number of hydrogen-bond acceptors (Lipinski definition) is 6. The molecular weight excluding hydrogens is 447 g/mol. The Morgan fingerprint density at radius 1 is 1.15 bits per heavy atom. The van der Waals surface area contributed by atoms with Crippen molar-refractivity contribution in [3.05, 3.63) is 53.1 Å². The lowest BCUT2D eigenvalue weighted by molar-refractivity contribution is -0.141. The molecule has 0 aromatic carbocycles. The number of nitrogens with two attached hydrogens (primary N) is 1. The number of pyridine rings is 1. The first-order valence-electron chi connectivity index (χ1n) is 11.4. The molecule has 11 heteroatoms. The van der Waals surface area contributed by atoms with E-state index in [0.717, 1.165) is 49.8 Å². The van der Waals surface area contributed by atoms with Crippen LogP contribution in [0.25, 0.3) is 5.65 Å². The highest BCUT2D eigenvalue weighted by atomic mass is 19.4. The van der Waals surface area contributed by atoms with Gasteiger partial charge in [-0.1, -0.05) is 6.07 Å². The zero-order valence-electron chi connectivity index (χ0n) is 18.8. The molecule has 0 spiro atoms. The number of piperidine rings is 1. The van der Waals surface area contributed by atoms with Crippen LogP contribution in [0, 0.1) is 6.92 Å². The fourth-order valence-corrected chi connectivity index (χ4v) is 4.82. The molecule has 5 heterocycles. The van der Waals surface area contributed by atoms with E-state index in [0.29, 0.717) is 24.3 Å². The molecule has 0 bridgehead atoms. The van der Waals surface area contributed by atoms with Gasteiger partial charge >= 0.3 is 6.18 Å². The van der Waals surface area contributed by atoms with Crippen molar-refractivity contribution < 1.29 is 18.0 Å². The normalized spacial score (nSPS) is 21.4. The quantitative estimate of drug-likeness (QED) is 0.627. The summed E-state index contributed by atoms with van der Waals surface area (Å²) in [7, 11) is 0. The second-order valence-electron chi connectivity index (χ2n) is 9.03. The SMILES string of the molecule is Cc1cn2nc([C@@H]3CCCCN3C(=O)c3cccc(C(F)(F)F)n3)cc2nc1N1CCC(N)C1. The van der Waals surface area contributed by atoms with E-state index in [9.17, 15) is 18.0 Å². The van der Waals surface area contributed by atoms with Crippen molar-refractivity contribution in [3.63, 3.8) is 0 Å². The second kappa shape index (κ2) is 8.53. The van der Waals surface area contributed by atoms with Crippen molar-refractivity contribution in [3.8, 4) is 0 Å². The molecule has 1 amide bonds. The molecule has 2 aliphatic rings. The number of alkyl halides is 3. The third-order valence-corrected chi connectivity index (χ3v) is 6.51.